The Balaban J connectivity index is 3.56. The lowest BCUT2D eigenvalue weighted by atomic mass is 10.3. The second-order valence-corrected chi connectivity index (χ2v) is 2.51. The largest absolute Gasteiger partial charge is 0.479 e. The van der Waals surface area contributed by atoms with Crippen molar-refractivity contribution >= 4 is 5.97 Å². The zero-order valence-electron chi connectivity index (χ0n) is 7.58. The van der Waals surface area contributed by atoms with Gasteiger partial charge in [0.25, 0.3) is 0 Å². The van der Waals surface area contributed by atoms with E-state index in [4.69, 9.17) is 14.6 Å². The van der Waals surface area contributed by atoms with Crippen molar-refractivity contribution < 1.29 is 19.4 Å². The van der Waals surface area contributed by atoms with Gasteiger partial charge in [-0.3, -0.25) is 0 Å². The number of hydrogen-bond acceptors (Lipinski definition) is 3. The van der Waals surface area contributed by atoms with E-state index in [1.165, 1.54) is 7.11 Å². The van der Waals surface area contributed by atoms with E-state index < -0.39 is 12.1 Å². The Morgan fingerprint density at radius 1 is 1.58 bits per heavy atom. The SMILES string of the molecule is CCCCOC(COC)C(=O)O. The van der Waals surface area contributed by atoms with Gasteiger partial charge >= 0.3 is 5.97 Å². The monoisotopic (exact) mass is 176 g/mol. The third-order valence-electron chi connectivity index (χ3n) is 1.41. The minimum absolute atomic E-state index is 0.110. The molecule has 12 heavy (non-hydrogen) atoms. The number of carboxylic acid groups (broad SMARTS) is 1. The van der Waals surface area contributed by atoms with Crippen LogP contribution in [0.15, 0.2) is 0 Å². The molecule has 0 radical (unpaired) electrons. The van der Waals surface area contributed by atoms with Crippen LogP contribution in [0.25, 0.3) is 0 Å². The Kier molecular flexibility index (Phi) is 6.70. The Hall–Kier alpha value is -0.610. The van der Waals surface area contributed by atoms with Crippen LogP contribution in [-0.2, 0) is 14.3 Å². The van der Waals surface area contributed by atoms with Crippen molar-refractivity contribution in [3.05, 3.63) is 0 Å². The van der Waals surface area contributed by atoms with E-state index in [-0.39, 0.29) is 6.61 Å². The highest BCUT2D eigenvalue weighted by Crippen LogP contribution is 1.96. The maximum absolute atomic E-state index is 10.5. The third-order valence-corrected chi connectivity index (χ3v) is 1.41. The smallest absolute Gasteiger partial charge is 0.335 e. The van der Waals surface area contributed by atoms with Crippen molar-refractivity contribution in [3.63, 3.8) is 0 Å². The maximum atomic E-state index is 10.5. The number of unbranched alkanes of at least 4 members (excludes halogenated alkanes) is 1. The standard InChI is InChI=1S/C8H16O4/c1-3-4-5-12-7(6-11-2)8(9)10/h7H,3-6H2,1-2H3,(H,9,10). The molecular weight excluding hydrogens is 160 g/mol. The number of ether oxygens (including phenoxy) is 2. The molecule has 4 heteroatoms. The Morgan fingerprint density at radius 2 is 2.25 bits per heavy atom. The van der Waals surface area contributed by atoms with Crippen LogP contribution in [0, 0.1) is 0 Å². The van der Waals surface area contributed by atoms with Gasteiger partial charge in [0.05, 0.1) is 6.61 Å². The molecule has 72 valence electrons. The van der Waals surface area contributed by atoms with Crippen molar-refractivity contribution in [1.29, 1.82) is 0 Å². The van der Waals surface area contributed by atoms with Gasteiger partial charge < -0.3 is 14.6 Å². The molecule has 0 aliphatic carbocycles. The molecule has 0 saturated heterocycles. The van der Waals surface area contributed by atoms with Gasteiger partial charge in [-0.2, -0.15) is 0 Å². The molecule has 0 aliphatic heterocycles. The van der Waals surface area contributed by atoms with E-state index in [1.54, 1.807) is 0 Å². The third kappa shape index (κ3) is 5.09. The minimum atomic E-state index is -0.965. The topological polar surface area (TPSA) is 55.8 Å². The molecule has 0 amide bonds. The predicted octanol–water partition coefficient (Wildman–Crippen LogP) is 0.903. The van der Waals surface area contributed by atoms with Crippen molar-refractivity contribution in [3.8, 4) is 0 Å². The first kappa shape index (κ1) is 11.4. The van der Waals surface area contributed by atoms with Crippen molar-refractivity contribution in [2.24, 2.45) is 0 Å². The maximum Gasteiger partial charge on any atom is 0.335 e. The molecule has 0 bridgehead atoms. The fourth-order valence-corrected chi connectivity index (χ4v) is 0.712. The van der Waals surface area contributed by atoms with Crippen LogP contribution >= 0.6 is 0 Å². The van der Waals surface area contributed by atoms with Crippen molar-refractivity contribution in [2.75, 3.05) is 20.3 Å². The highest BCUT2D eigenvalue weighted by atomic mass is 16.5. The summed E-state index contributed by atoms with van der Waals surface area (Å²) in [4.78, 5) is 10.5. The summed E-state index contributed by atoms with van der Waals surface area (Å²) >= 11 is 0. The number of methoxy groups -OCH3 is 1. The van der Waals surface area contributed by atoms with Crippen LogP contribution in [0.1, 0.15) is 19.8 Å². The summed E-state index contributed by atoms with van der Waals surface area (Å²) in [5.74, 6) is -0.965. The lowest BCUT2D eigenvalue weighted by molar-refractivity contribution is -0.153. The molecule has 1 unspecified atom stereocenters. The first-order chi connectivity index (χ1) is 5.72. The molecular formula is C8H16O4. The summed E-state index contributed by atoms with van der Waals surface area (Å²) in [6.45, 7) is 2.62. The van der Waals surface area contributed by atoms with Gasteiger partial charge in [-0.05, 0) is 6.42 Å². The van der Waals surface area contributed by atoms with Gasteiger partial charge in [0.15, 0.2) is 6.10 Å². The van der Waals surface area contributed by atoms with Gasteiger partial charge in [0, 0.05) is 13.7 Å². The highest BCUT2D eigenvalue weighted by molar-refractivity contribution is 5.72. The molecule has 1 N–H and O–H groups in total. The number of hydrogen-bond donors (Lipinski definition) is 1. The summed E-state index contributed by atoms with van der Waals surface area (Å²) in [5.41, 5.74) is 0. The summed E-state index contributed by atoms with van der Waals surface area (Å²) in [7, 11) is 1.46. The average Bonchev–Trinajstić information content (AvgIpc) is 2.03. The van der Waals surface area contributed by atoms with Crippen molar-refractivity contribution in [1.82, 2.24) is 0 Å². The Bertz CT molecular complexity index is 124. The number of aliphatic carboxylic acids is 1. The van der Waals surface area contributed by atoms with Crippen LogP contribution in [0.2, 0.25) is 0 Å². The first-order valence-electron chi connectivity index (χ1n) is 4.05. The summed E-state index contributed by atoms with van der Waals surface area (Å²) < 4.78 is 9.75. The predicted molar refractivity (Wildman–Crippen MR) is 44.2 cm³/mol. The van der Waals surface area contributed by atoms with E-state index in [0.29, 0.717) is 6.61 Å². The van der Waals surface area contributed by atoms with E-state index in [9.17, 15) is 4.79 Å². The summed E-state index contributed by atoms with van der Waals surface area (Å²) in [6.07, 6.45) is 1.06. The fourth-order valence-electron chi connectivity index (χ4n) is 0.712. The van der Waals surface area contributed by atoms with Gasteiger partial charge in [-0.15, -0.1) is 0 Å². The van der Waals surface area contributed by atoms with E-state index >= 15 is 0 Å². The van der Waals surface area contributed by atoms with Crippen molar-refractivity contribution in [2.45, 2.75) is 25.9 Å². The molecule has 0 aromatic carbocycles. The van der Waals surface area contributed by atoms with Crippen LogP contribution in [0.5, 0.6) is 0 Å². The average molecular weight is 176 g/mol. The highest BCUT2D eigenvalue weighted by Gasteiger charge is 2.16. The van der Waals surface area contributed by atoms with Gasteiger partial charge in [0.1, 0.15) is 0 Å². The minimum Gasteiger partial charge on any atom is -0.479 e. The second kappa shape index (κ2) is 7.06. The first-order valence-corrected chi connectivity index (χ1v) is 4.05. The van der Waals surface area contributed by atoms with Gasteiger partial charge in [-0.1, -0.05) is 13.3 Å². The van der Waals surface area contributed by atoms with Crippen LogP contribution in [0.3, 0.4) is 0 Å². The van der Waals surface area contributed by atoms with Crippen LogP contribution in [0.4, 0.5) is 0 Å². The molecule has 0 saturated carbocycles. The van der Waals surface area contributed by atoms with Crippen LogP contribution < -0.4 is 0 Å². The number of rotatable bonds is 7. The zero-order valence-corrected chi connectivity index (χ0v) is 7.58. The molecule has 0 aromatic rings. The quantitative estimate of drug-likeness (QED) is 0.585. The molecule has 0 fully saturated rings. The van der Waals surface area contributed by atoms with E-state index in [1.807, 2.05) is 6.92 Å². The lowest BCUT2D eigenvalue weighted by Crippen LogP contribution is -2.29. The molecule has 4 nitrogen and oxygen atoms in total. The molecule has 0 aromatic heterocycles. The van der Waals surface area contributed by atoms with Gasteiger partial charge in [-0.25, -0.2) is 4.79 Å². The summed E-state index contributed by atoms with van der Waals surface area (Å²) in [6, 6.07) is 0. The lowest BCUT2D eigenvalue weighted by Gasteiger charge is -2.11. The van der Waals surface area contributed by atoms with E-state index in [2.05, 4.69) is 0 Å². The molecule has 1 atom stereocenters. The molecule has 0 rings (SSSR count). The molecule has 0 spiro atoms. The zero-order chi connectivity index (χ0) is 9.40. The summed E-state index contributed by atoms with van der Waals surface area (Å²) in [5, 5.41) is 8.60. The number of carbonyl (C=O) groups is 1. The molecule has 0 aliphatic rings. The van der Waals surface area contributed by atoms with Gasteiger partial charge in [0.2, 0.25) is 0 Å². The molecule has 0 heterocycles. The fraction of sp³-hybridized carbons (Fsp3) is 0.875. The Labute approximate surface area is 72.5 Å². The second-order valence-electron chi connectivity index (χ2n) is 2.51. The number of carboxylic acids is 1. The van der Waals surface area contributed by atoms with E-state index in [0.717, 1.165) is 12.8 Å². The normalized spacial score (nSPS) is 12.8. The Morgan fingerprint density at radius 3 is 2.67 bits per heavy atom. The van der Waals surface area contributed by atoms with Crippen LogP contribution in [-0.4, -0.2) is 37.5 Å².